The average molecular weight is 362 g/mol. The van der Waals surface area contributed by atoms with Crippen LogP contribution in [0.5, 0.6) is 0 Å². The van der Waals surface area contributed by atoms with E-state index in [-0.39, 0.29) is 11.7 Å². The number of amides is 2. The molecule has 0 saturated heterocycles. The summed E-state index contributed by atoms with van der Waals surface area (Å²) in [4.78, 5) is 26.1. The van der Waals surface area contributed by atoms with E-state index in [1.807, 2.05) is 31.2 Å². The number of nitrogens with one attached hydrogen (secondary N) is 1. The first-order valence-electron chi connectivity index (χ1n) is 7.56. The van der Waals surface area contributed by atoms with E-state index >= 15 is 0 Å². The van der Waals surface area contributed by atoms with Crippen LogP contribution in [-0.4, -0.2) is 24.2 Å². The van der Waals surface area contributed by atoms with Gasteiger partial charge in [0, 0.05) is 9.77 Å². The van der Waals surface area contributed by atoms with E-state index in [1.54, 1.807) is 0 Å². The number of benzene rings is 1. The Morgan fingerprint density at radius 1 is 1.38 bits per heavy atom. The molecule has 1 aliphatic heterocycles. The van der Waals surface area contributed by atoms with Crippen LogP contribution in [0.2, 0.25) is 0 Å². The second-order valence-electron chi connectivity index (χ2n) is 5.48. The molecule has 3 rings (SSSR count). The summed E-state index contributed by atoms with van der Waals surface area (Å²) in [5, 5.41) is 3.38. The largest absolute Gasteiger partial charge is 0.376 e. The van der Waals surface area contributed by atoms with Gasteiger partial charge < -0.3 is 15.8 Å². The van der Waals surface area contributed by atoms with E-state index < -0.39 is 5.91 Å². The van der Waals surface area contributed by atoms with Gasteiger partial charge in [0.15, 0.2) is 0 Å². The van der Waals surface area contributed by atoms with Gasteiger partial charge in [-0.15, -0.1) is 23.1 Å². The quantitative estimate of drug-likeness (QED) is 0.801. The lowest BCUT2D eigenvalue weighted by molar-refractivity contribution is -0.113. The smallest absolute Gasteiger partial charge is 0.251 e. The Labute approximate surface area is 148 Å². The number of rotatable bonds is 5. The molecule has 0 spiro atoms. The predicted octanol–water partition coefficient (Wildman–Crippen LogP) is 2.96. The molecule has 0 radical (unpaired) electrons. The van der Waals surface area contributed by atoms with Crippen molar-refractivity contribution in [3.63, 3.8) is 0 Å². The highest BCUT2D eigenvalue weighted by Crippen LogP contribution is 2.36. The number of thiophene rings is 1. The average Bonchev–Trinajstić information content (AvgIpc) is 2.92. The molecule has 2 aromatic rings. The fourth-order valence-corrected chi connectivity index (χ4v) is 4.64. The van der Waals surface area contributed by atoms with E-state index in [1.165, 1.54) is 23.1 Å². The lowest BCUT2D eigenvalue weighted by Crippen LogP contribution is -2.20. The van der Waals surface area contributed by atoms with Gasteiger partial charge in [-0.05, 0) is 30.5 Å². The summed E-state index contributed by atoms with van der Waals surface area (Å²) in [6, 6.07) is 7.92. The van der Waals surface area contributed by atoms with E-state index in [0.717, 1.165) is 20.9 Å². The number of hydrogen-bond donors (Lipinski definition) is 2. The minimum Gasteiger partial charge on any atom is -0.376 e. The molecule has 24 heavy (non-hydrogen) atoms. The van der Waals surface area contributed by atoms with Crippen molar-refractivity contribution in [2.45, 2.75) is 24.8 Å². The Hall–Kier alpha value is -1.83. The van der Waals surface area contributed by atoms with Crippen molar-refractivity contribution >= 4 is 39.9 Å². The second-order valence-corrected chi connectivity index (χ2v) is 7.60. The summed E-state index contributed by atoms with van der Waals surface area (Å²) in [5.41, 5.74) is 8.00. The topological polar surface area (TPSA) is 81.4 Å². The van der Waals surface area contributed by atoms with Gasteiger partial charge in [-0.3, -0.25) is 9.59 Å². The van der Waals surface area contributed by atoms with Gasteiger partial charge in [-0.1, -0.05) is 18.2 Å². The molecule has 5 nitrogen and oxygen atoms in total. The maximum atomic E-state index is 12.3. The standard InChI is InChI=1S/C17H18N2O3S2/c1-10-4-2-3-5-12(10)23-9-14(20)19-17-15(16(18)21)11-6-7-22-8-13(11)24-17/h2-5H,6-9H2,1H3,(H2,18,21)(H,19,20). The van der Waals surface area contributed by atoms with Crippen LogP contribution in [0.15, 0.2) is 29.2 Å². The van der Waals surface area contributed by atoms with Crippen molar-refractivity contribution in [3.05, 3.63) is 45.8 Å². The second kappa shape index (κ2) is 7.38. The highest BCUT2D eigenvalue weighted by atomic mass is 32.2. The molecule has 2 amide bonds. The summed E-state index contributed by atoms with van der Waals surface area (Å²) < 4.78 is 5.41. The minimum atomic E-state index is -0.503. The molecule has 0 aliphatic carbocycles. The van der Waals surface area contributed by atoms with Gasteiger partial charge in [0.25, 0.3) is 5.91 Å². The molecule has 1 aromatic heterocycles. The highest BCUT2D eigenvalue weighted by Gasteiger charge is 2.25. The van der Waals surface area contributed by atoms with Crippen molar-refractivity contribution in [2.24, 2.45) is 5.73 Å². The molecule has 0 bridgehead atoms. The van der Waals surface area contributed by atoms with Gasteiger partial charge in [-0.2, -0.15) is 0 Å². The Morgan fingerprint density at radius 3 is 2.92 bits per heavy atom. The number of hydrogen-bond acceptors (Lipinski definition) is 5. The minimum absolute atomic E-state index is 0.148. The number of aryl methyl sites for hydroxylation is 1. The third kappa shape index (κ3) is 3.63. The predicted molar refractivity (Wildman–Crippen MR) is 96.7 cm³/mol. The van der Waals surface area contributed by atoms with Crippen molar-refractivity contribution < 1.29 is 14.3 Å². The number of anilines is 1. The number of carbonyl (C=O) groups is 2. The molecule has 3 N–H and O–H groups in total. The molecule has 126 valence electrons. The van der Waals surface area contributed by atoms with Gasteiger partial charge in [0.1, 0.15) is 5.00 Å². The van der Waals surface area contributed by atoms with Crippen LogP contribution in [0.25, 0.3) is 0 Å². The third-order valence-electron chi connectivity index (χ3n) is 3.77. The van der Waals surface area contributed by atoms with Crippen LogP contribution in [0.4, 0.5) is 5.00 Å². The monoisotopic (exact) mass is 362 g/mol. The van der Waals surface area contributed by atoms with Crippen molar-refractivity contribution in [1.29, 1.82) is 0 Å². The lowest BCUT2D eigenvalue weighted by Gasteiger charge is -2.12. The van der Waals surface area contributed by atoms with Gasteiger partial charge in [0.05, 0.1) is 24.5 Å². The number of carbonyl (C=O) groups excluding carboxylic acids is 2. The molecule has 0 unspecified atom stereocenters. The van der Waals surface area contributed by atoms with Crippen molar-refractivity contribution in [1.82, 2.24) is 0 Å². The number of nitrogens with two attached hydrogens (primary N) is 1. The molecule has 2 heterocycles. The Balaban J connectivity index is 1.71. The number of fused-ring (bicyclic) bond motifs is 1. The fraction of sp³-hybridized carbons (Fsp3) is 0.294. The first-order valence-corrected chi connectivity index (χ1v) is 9.37. The van der Waals surface area contributed by atoms with Gasteiger partial charge in [-0.25, -0.2) is 0 Å². The zero-order valence-electron chi connectivity index (χ0n) is 13.3. The summed E-state index contributed by atoms with van der Waals surface area (Å²) in [7, 11) is 0. The molecule has 1 aliphatic rings. The number of primary amides is 1. The first-order chi connectivity index (χ1) is 11.6. The van der Waals surface area contributed by atoms with E-state index in [4.69, 9.17) is 10.5 Å². The number of ether oxygens (including phenoxy) is 1. The van der Waals surface area contributed by atoms with E-state index in [9.17, 15) is 9.59 Å². The SMILES string of the molecule is Cc1ccccc1SCC(=O)Nc1sc2c(c1C(N)=O)CCOC2. The molecular weight excluding hydrogens is 344 g/mol. The summed E-state index contributed by atoms with van der Waals surface area (Å²) in [6.07, 6.45) is 0.651. The summed E-state index contributed by atoms with van der Waals surface area (Å²) in [5.74, 6) is -0.371. The van der Waals surface area contributed by atoms with Crippen molar-refractivity contribution in [2.75, 3.05) is 17.7 Å². The molecule has 1 aromatic carbocycles. The van der Waals surface area contributed by atoms with E-state index in [2.05, 4.69) is 5.32 Å². The normalized spacial score (nSPS) is 13.4. The lowest BCUT2D eigenvalue weighted by atomic mass is 10.1. The maximum absolute atomic E-state index is 12.3. The molecule has 0 atom stereocenters. The fourth-order valence-electron chi connectivity index (χ4n) is 2.61. The van der Waals surface area contributed by atoms with Crippen molar-refractivity contribution in [3.8, 4) is 0 Å². The van der Waals surface area contributed by atoms with Gasteiger partial charge >= 0.3 is 0 Å². The highest BCUT2D eigenvalue weighted by molar-refractivity contribution is 8.00. The van der Waals surface area contributed by atoms with Crippen LogP contribution in [0, 0.1) is 6.92 Å². The zero-order valence-corrected chi connectivity index (χ0v) is 14.9. The van der Waals surface area contributed by atoms with E-state index in [0.29, 0.717) is 30.2 Å². The van der Waals surface area contributed by atoms with Gasteiger partial charge in [0.2, 0.25) is 5.91 Å². The molecule has 7 heteroatoms. The Bertz CT molecular complexity index is 786. The Kier molecular flexibility index (Phi) is 5.23. The molecule has 0 saturated carbocycles. The summed E-state index contributed by atoms with van der Waals surface area (Å²) >= 11 is 2.85. The van der Waals surface area contributed by atoms with Crippen LogP contribution in [-0.2, 0) is 22.6 Å². The van der Waals surface area contributed by atoms with Crippen LogP contribution < -0.4 is 11.1 Å². The molecular formula is C17H18N2O3S2. The molecule has 0 fully saturated rings. The summed E-state index contributed by atoms with van der Waals surface area (Å²) in [6.45, 7) is 3.05. The first kappa shape index (κ1) is 17.0. The maximum Gasteiger partial charge on any atom is 0.251 e. The van der Waals surface area contributed by atoms with Crippen LogP contribution in [0.3, 0.4) is 0 Å². The van der Waals surface area contributed by atoms with Crippen LogP contribution >= 0.6 is 23.1 Å². The number of thioether (sulfide) groups is 1. The third-order valence-corrected chi connectivity index (χ3v) is 6.07. The zero-order chi connectivity index (χ0) is 17.1. The van der Waals surface area contributed by atoms with Crippen LogP contribution in [0.1, 0.15) is 26.4 Å². The Morgan fingerprint density at radius 2 is 2.17 bits per heavy atom.